The summed E-state index contributed by atoms with van der Waals surface area (Å²) in [6, 6.07) is 11.2. The van der Waals surface area contributed by atoms with E-state index in [-0.39, 0.29) is 5.91 Å². The van der Waals surface area contributed by atoms with Crippen LogP contribution in [0.25, 0.3) is 21.1 Å². The number of carbonyl (C=O) groups is 1. The lowest BCUT2D eigenvalue weighted by Gasteiger charge is -2.02. The monoisotopic (exact) mass is 324 g/mol. The SMILES string of the molecule is COc1cccc2sc(NC(=O)c3cccc4cn[nH]c34)nc12. The van der Waals surface area contributed by atoms with Gasteiger partial charge < -0.3 is 4.74 Å². The van der Waals surface area contributed by atoms with Gasteiger partial charge in [0.2, 0.25) is 0 Å². The van der Waals surface area contributed by atoms with Crippen LogP contribution >= 0.6 is 11.3 Å². The molecule has 0 unspecified atom stereocenters. The van der Waals surface area contributed by atoms with Gasteiger partial charge in [0.15, 0.2) is 5.13 Å². The number of ether oxygens (including phenoxy) is 1. The molecule has 0 radical (unpaired) electrons. The summed E-state index contributed by atoms with van der Waals surface area (Å²) in [5, 5.41) is 11.1. The highest BCUT2D eigenvalue weighted by Crippen LogP contribution is 2.32. The van der Waals surface area contributed by atoms with Crippen LogP contribution in [0, 0.1) is 0 Å². The fourth-order valence-corrected chi connectivity index (χ4v) is 3.34. The molecule has 6 nitrogen and oxygen atoms in total. The Labute approximate surface area is 135 Å². The van der Waals surface area contributed by atoms with E-state index in [1.165, 1.54) is 11.3 Å². The first-order chi connectivity index (χ1) is 11.3. The standard InChI is InChI=1S/C16H12N4O2S/c1-22-11-6-3-7-12-14(11)18-16(23-12)19-15(21)10-5-2-4-9-8-17-20-13(9)10/h2-8H,1H3,(H,17,20)(H,18,19,21). The predicted molar refractivity (Wildman–Crippen MR) is 90.2 cm³/mol. The van der Waals surface area contributed by atoms with Crippen molar-refractivity contribution in [3.63, 3.8) is 0 Å². The minimum absolute atomic E-state index is 0.224. The van der Waals surface area contributed by atoms with E-state index in [0.29, 0.717) is 22.0 Å². The molecule has 0 bridgehead atoms. The van der Waals surface area contributed by atoms with Crippen molar-refractivity contribution in [1.29, 1.82) is 0 Å². The summed E-state index contributed by atoms with van der Waals surface area (Å²) in [4.78, 5) is 17.0. The Morgan fingerprint density at radius 3 is 3.00 bits per heavy atom. The van der Waals surface area contributed by atoms with Crippen LogP contribution in [0.3, 0.4) is 0 Å². The molecule has 23 heavy (non-hydrogen) atoms. The molecular weight excluding hydrogens is 312 g/mol. The van der Waals surface area contributed by atoms with Crippen molar-refractivity contribution in [2.24, 2.45) is 0 Å². The Morgan fingerprint density at radius 2 is 2.13 bits per heavy atom. The van der Waals surface area contributed by atoms with E-state index in [9.17, 15) is 4.79 Å². The van der Waals surface area contributed by atoms with E-state index in [0.717, 1.165) is 15.6 Å². The number of aromatic nitrogens is 3. The number of carbonyl (C=O) groups excluding carboxylic acids is 1. The quantitative estimate of drug-likeness (QED) is 0.605. The maximum atomic E-state index is 12.5. The molecule has 0 spiro atoms. The third kappa shape index (κ3) is 2.31. The lowest BCUT2D eigenvalue weighted by Crippen LogP contribution is -2.12. The Morgan fingerprint density at radius 1 is 1.26 bits per heavy atom. The lowest BCUT2D eigenvalue weighted by atomic mass is 10.1. The van der Waals surface area contributed by atoms with E-state index < -0.39 is 0 Å². The number of nitrogens with zero attached hydrogens (tertiary/aromatic N) is 2. The summed E-state index contributed by atoms with van der Waals surface area (Å²) in [6.07, 6.45) is 1.69. The highest BCUT2D eigenvalue weighted by Gasteiger charge is 2.15. The zero-order valence-electron chi connectivity index (χ0n) is 12.2. The van der Waals surface area contributed by atoms with Gasteiger partial charge in [-0.2, -0.15) is 5.10 Å². The fourth-order valence-electron chi connectivity index (χ4n) is 2.46. The van der Waals surface area contributed by atoms with Crippen molar-refractivity contribution < 1.29 is 9.53 Å². The molecule has 0 aliphatic rings. The first-order valence-electron chi connectivity index (χ1n) is 6.93. The number of H-pyrrole nitrogens is 1. The van der Waals surface area contributed by atoms with Crippen molar-refractivity contribution in [3.8, 4) is 5.75 Å². The largest absolute Gasteiger partial charge is 0.494 e. The van der Waals surface area contributed by atoms with Crippen LogP contribution in [0.2, 0.25) is 0 Å². The van der Waals surface area contributed by atoms with Crippen molar-refractivity contribution >= 4 is 43.5 Å². The van der Waals surface area contributed by atoms with E-state index in [1.807, 2.05) is 30.3 Å². The molecule has 2 heterocycles. The van der Waals surface area contributed by atoms with Gasteiger partial charge in [0.25, 0.3) is 5.91 Å². The first-order valence-corrected chi connectivity index (χ1v) is 7.75. The number of rotatable bonds is 3. The Kier molecular flexibility index (Phi) is 3.20. The van der Waals surface area contributed by atoms with Crippen LogP contribution in [0.15, 0.2) is 42.6 Å². The van der Waals surface area contributed by atoms with Crippen LogP contribution in [-0.2, 0) is 0 Å². The van der Waals surface area contributed by atoms with Crippen LogP contribution in [0.4, 0.5) is 5.13 Å². The molecule has 4 rings (SSSR count). The van der Waals surface area contributed by atoms with Crippen LogP contribution in [-0.4, -0.2) is 28.2 Å². The Bertz CT molecular complexity index is 1020. The number of hydrogen-bond donors (Lipinski definition) is 2. The van der Waals surface area contributed by atoms with Crippen LogP contribution < -0.4 is 10.1 Å². The van der Waals surface area contributed by atoms with E-state index in [4.69, 9.17) is 4.74 Å². The maximum absolute atomic E-state index is 12.5. The molecule has 7 heteroatoms. The summed E-state index contributed by atoms with van der Waals surface area (Å²) in [6.45, 7) is 0. The van der Waals surface area contributed by atoms with Crippen molar-refractivity contribution in [2.75, 3.05) is 12.4 Å². The minimum atomic E-state index is -0.224. The second-order valence-corrected chi connectivity index (χ2v) is 5.95. The van der Waals surface area contributed by atoms with Crippen LogP contribution in [0.1, 0.15) is 10.4 Å². The molecule has 0 saturated heterocycles. The summed E-state index contributed by atoms with van der Waals surface area (Å²) in [5.74, 6) is 0.466. The molecule has 2 N–H and O–H groups in total. The molecule has 4 aromatic rings. The van der Waals surface area contributed by atoms with Gasteiger partial charge in [0, 0.05) is 5.39 Å². The van der Waals surface area contributed by atoms with Gasteiger partial charge in [0.05, 0.1) is 29.1 Å². The number of nitrogens with one attached hydrogen (secondary N) is 2. The lowest BCUT2D eigenvalue weighted by molar-refractivity contribution is 0.102. The molecule has 0 atom stereocenters. The highest BCUT2D eigenvalue weighted by atomic mass is 32.1. The van der Waals surface area contributed by atoms with Gasteiger partial charge in [-0.15, -0.1) is 0 Å². The van der Waals surface area contributed by atoms with Gasteiger partial charge in [-0.05, 0) is 18.2 Å². The number of amides is 1. The number of hydrogen-bond acceptors (Lipinski definition) is 5. The number of fused-ring (bicyclic) bond motifs is 2. The number of aromatic amines is 1. The molecule has 1 amide bonds. The number of methoxy groups -OCH3 is 1. The smallest absolute Gasteiger partial charge is 0.259 e. The Hall–Kier alpha value is -2.93. The fraction of sp³-hybridized carbons (Fsp3) is 0.0625. The van der Waals surface area contributed by atoms with Crippen molar-refractivity contribution in [2.45, 2.75) is 0 Å². The second-order valence-electron chi connectivity index (χ2n) is 4.92. The second kappa shape index (κ2) is 5.36. The number of para-hydroxylation sites is 2. The van der Waals surface area contributed by atoms with Crippen molar-refractivity contribution in [3.05, 3.63) is 48.2 Å². The highest BCUT2D eigenvalue weighted by molar-refractivity contribution is 7.22. The normalized spacial score (nSPS) is 11.0. The molecular formula is C16H12N4O2S. The van der Waals surface area contributed by atoms with Gasteiger partial charge in [-0.3, -0.25) is 15.2 Å². The first kappa shape index (κ1) is 13.7. The predicted octanol–water partition coefficient (Wildman–Crippen LogP) is 3.43. The third-order valence-corrected chi connectivity index (χ3v) is 4.48. The number of thiazole rings is 1. The molecule has 0 aliphatic carbocycles. The zero-order chi connectivity index (χ0) is 15.8. The molecule has 0 fully saturated rings. The molecule has 0 aliphatic heterocycles. The molecule has 2 aromatic carbocycles. The topological polar surface area (TPSA) is 79.9 Å². The summed E-state index contributed by atoms with van der Waals surface area (Å²) in [7, 11) is 1.60. The zero-order valence-corrected chi connectivity index (χ0v) is 13.0. The number of benzene rings is 2. The molecule has 0 saturated carbocycles. The summed E-state index contributed by atoms with van der Waals surface area (Å²) in [5.41, 5.74) is 1.99. The minimum Gasteiger partial charge on any atom is -0.494 e. The van der Waals surface area contributed by atoms with E-state index in [1.54, 1.807) is 19.4 Å². The van der Waals surface area contributed by atoms with E-state index >= 15 is 0 Å². The summed E-state index contributed by atoms with van der Waals surface area (Å²) < 4.78 is 6.25. The molecule has 114 valence electrons. The average molecular weight is 324 g/mol. The average Bonchev–Trinajstić information content (AvgIpc) is 3.19. The van der Waals surface area contributed by atoms with Gasteiger partial charge in [-0.25, -0.2) is 4.98 Å². The van der Waals surface area contributed by atoms with Gasteiger partial charge in [-0.1, -0.05) is 29.5 Å². The van der Waals surface area contributed by atoms with Gasteiger partial charge >= 0.3 is 0 Å². The van der Waals surface area contributed by atoms with Crippen molar-refractivity contribution in [1.82, 2.24) is 15.2 Å². The number of anilines is 1. The Balaban J connectivity index is 1.70. The third-order valence-electron chi connectivity index (χ3n) is 3.54. The maximum Gasteiger partial charge on any atom is 0.259 e. The van der Waals surface area contributed by atoms with Crippen LogP contribution in [0.5, 0.6) is 5.75 Å². The summed E-state index contributed by atoms with van der Waals surface area (Å²) >= 11 is 1.41. The van der Waals surface area contributed by atoms with E-state index in [2.05, 4.69) is 20.5 Å². The molecule has 2 aromatic heterocycles. The van der Waals surface area contributed by atoms with Gasteiger partial charge in [0.1, 0.15) is 11.3 Å².